The van der Waals surface area contributed by atoms with Crippen LogP contribution in [-0.4, -0.2) is 55.5 Å². The first-order chi connectivity index (χ1) is 14.0. The number of aliphatic hydroxyl groups is 2. The normalized spacial score (nSPS) is 18.6. The molecule has 30 heavy (non-hydrogen) atoms. The quantitative estimate of drug-likeness (QED) is 0.587. The molecule has 0 spiro atoms. The van der Waals surface area contributed by atoms with E-state index in [1.807, 2.05) is 14.0 Å². The highest BCUT2D eigenvalue weighted by atomic mass is 16.5. The lowest BCUT2D eigenvalue weighted by Crippen LogP contribution is -2.63. The predicted molar refractivity (Wildman–Crippen MR) is 109 cm³/mol. The van der Waals surface area contributed by atoms with Crippen molar-refractivity contribution in [3.63, 3.8) is 0 Å². The summed E-state index contributed by atoms with van der Waals surface area (Å²) < 4.78 is 5.18. The molecule has 1 atom stereocenters. The van der Waals surface area contributed by atoms with Crippen molar-refractivity contribution in [3.05, 3.63) is 59.7 Å². The van der Waals surface area contributed by atoms with E-state index in [0.717, 1.165) is 0 Å². The zero-order chi connectivity index (χ0) is 21.7. The first kappa shape index (κ1) is 20.5. The Morgan fingerprint density at radius 2 is 1.73 bits per heavy atom. The second kappa shape index (κ2) is 6.87. The summed E-state index contributed by atoms with van der Waals surface area (Å²) in [5.41, 5.74) is -1.24. The van der Waals surface area contributed by atoms with Crippen molar-refractivity contribution in [2.45, 2.75) is 32.0 Å². The number of phenols is 1. The van der Waals surface area contributed by atoms with Gasteiger partial charge in [0.15, 0.2) is 0 Å². The van der Waals surface area contributed by atoms with Gasteiger partial charge in [0.2, 0.25) is 5.82 Å². The summed E-state index contributed by atoms with van der Waals surface area (Å²) in [6.45, 7) is 6.56. The molecule has 0 unspecified atom stereocenters. The molecule has 3 heterocycles. The molecule has 1 aliphatic heterocycles. The summed E-state index contributed by atoms with van der Waals surface area (Å²) in [4.78, 5) is 10.7. The number of likely N-dealkylation sites (tertiary alicyclic amines) is 1. The minimum atomic E-state index is -1.35. The molecule has 0 saturated carbocycles. The van der Waals surface area contributed by atoms with Gasteiger partial charge < -0.3 is 24.7 Å². The number of hydrogen-bond acceptors (Lipinski definition) is 8. The third-order valence-corrected chi connectivity index (χ3v) is 5.76. The lowest BCUT2D eigenvalue weighted by molar-refractivity contribution is -0.127. The van der Waals surface area contributed by atoms with Crippen LogP contribution in [0, 0.1) is 5.41 Å². The van der Waals surface area contributed by atoms with Crippen LogP contribution in [0.2, 0.25) is 0 Å². The molecule has 1 saturated heterocycles. The highest BCUT2D eigenvalue weighted by molar-refractivity contribution is 5.56. The fraction of sp³-hybridized carbons (Fsp3) is 0.409. The number of benzene rings is 1. The number of aromatic nitrogens is 3. The van der Waals surface area contributed by atoms with Gasteiger partial charge in [-0.1, -0.05) is 24.2 Å². The largest absolute Gasteiger partial charge is 0.508 e. The van der Waals surface area contributed by atoms with Crippen LogP contribution in [0.3, 0.4) is 0 Å². The maximum Gasteiger partial charge on any atom is 0.258 e. The third-order valence-electron chi connectivity index (χ3n) is 5.76. The molecule has 3 N–H and O–H groups in total. The molecular formula is C22H26N4O4. The smallest absolute Gasteiger partial charge is 0.258 e. The average Bonchev–Trinajstić information content (AvgIpc) is 3.18. The van der Waals surface area contributed by atoms with Gasteiger partial charge in [0, 0.05) is 42.0 Å². The summed E-state index contributed by atoms with van der Waals surface area (Å²) in [5.74, 6) is 0.518. The standard InChI is InChI=1S/C22H26N4O4/c1-20(2,28)19-24-18(25-30-19)14-9-16(11-23-10-14)22(29,21(3)12-26(4)13-21)15-5-7-17(27)8-6-15/h5-11,27-29H,12-13H2,1-4H3/t22-/m0/s1. The van der Waals surface area contributed by atoms with E-state index in [-0.39, 0.29) is 17.5 Å². The molecule has 4 rings (SSSR count). The van der Waals surface area contributed by atoms with Crippen molar-refractivity contribution in [1.29, 1.82) is 0 Å². The van der Waals surface area contributed by atoms with Crippen molar-refractivity contribution in [1.82, 2.24) is 20.0 Å². The van der Waals surface area contributed by atoms with Gasteiger partial charge in [0.05, 0.1) is 0 Å². The summed E-state index contributed by atoms with van der Waals surface area (Å²) in [5, 5.41) is 35.9. The summed E-state index contributed by atoms with van der Waals surface area (Å²) in [6.07, 6.45) is 3.23. The summed E-state index contributed by atoms with van der Waals surface area (Å²) >= 11 is 0. The van der Waals surface area contributed by atoms with Gasteiger partial charge in [-0.3, -0.25) is 4.98 Å². The van der Waals surface area contributed by atoms with Crippen molar-refractivity contribution in [2.75, 3.05) is 20.1 Å². The molecule has 1 aliphatic rings. The van der Waals surface area contributed by atoms with Crippen molar-refractivity contribution in [3.8, 4) is 17.1 Å². The number of hydrogen-bond donors (Lipinski definition) is 3. The van der Waals surface area contributed by atoms with Crippen LogP contribution < -0.4 is 0 Å². The number of pyridine rings is 1. The predicted octanol–water partition coefficient (Wildman–Crippen LogP) is 2.25. The van der Waals surface area contributed by atoms with E-state index < -0.39 is 16.6 Å². The summed E-state index contributed by atoms with van der Waals surface area (Å²) in [7, 11) is 2.01. The Morgan fingerprint density at radius 3 is 2.30 bits per heavy atom. The fourth-order valence-corrected chi connectivity index (χ4v) is 4.29. The van der Waals surface area contributed by atoms with E-state index in [4.69, 9.17) is 4.52 Å². The van der Waals surface area contributed by atoms with Crippen LogP contribution in [0.4, 0.5) is 0 Å². The molecule has 0 radical (unpaired) electrons. The molecule has 2 aromatic heterocycles. The van der Waals surface area contributed by atoms with E-state index in [9.17, 15) is 15.3 Å². The number of phenolic OH excluding ortho intramolecular Hbond substituents is 1. The third kappa shape index (κ3) is 3.27. The molecular weight excluding hydrogens is 384 g/mol. The van der Waals surface area contributed by atoms with Gasteiger partial charge in [0.25, 0.3) is 5.89 Å². The van der Waals surface area contributed by atoms with Crippen molar-refractivity contribution >= 4 is 0 Å². The van der Waals surface area contributed by atoms with Gasteiger partial charge in [-0.05, 0) is 44.7 Å². The Hall–Kier alpha value is -2.81. The minimum Gasteiger partial charge on any atom is -0.508 e. The lowest BCUT2D eigenvalue weighted by Gasteiger charge is -2.55. The van der Waals surface area contributed by atoms with Gasteiger partial charge in [-0.15, -0.1) is 0 Å². The van der Waals surface area contributed by atoms with E-state index in [1.54, 1.807) is 56.6 Å². The molecule has 0 bridgehead atoms. The van der Waals surface area contributed by atoms with Crippen LogP contribution in [0.25, 0.3) is 11.4 Å². The number of aromatic hydroxyl groups is 1. The van der Waals surface area contributed by atoms with Crippen LogP contribution in [0.15, 0.2) is 47.2 Å². The molecule has 0 amide bonds. The monoisotopic (exact) mass is 410 g/mol. The molecule has 1 aromatic carbocycles. The number of nitrogens with zero attached hydrogens (tertiary/aromatic N) is 4. The zero-order valence-electron chi connectivity index (χ0n) is 17.5. The fourth-order valence-electron chi connectivity index (χ4n) is 4.29. The van der Waals surface area contributed by atoms with Gasteiger partial charge in [-0.25, -0.2) is 0 Å². The SMILES string of the molecule is CN1CC(C)([C@](O)(c2ccc(O)cc2)c2cncc(-c3noc(C(C)(C)O)n3)c2)C1. The highest BCUT2D eigenvalue weighted by Gasteiger charge is 2.55. The summed E-state index contributed by atoms with van der Waals surface area (Å²) in [6, 6.07) is 8.39. The second-order valence-corrected chi connectivity index (χ2v) is 8.93. The first-order valence-corrected chi connectivity index (χ1v) is 9.76. The Labute approximate surface area is 174 Å². The lowest BCUT2D eigenvalue weighted by atomic mass is 9.62. The van der Waals surface area contributed by atoms with Gasteiger partial charge in [0.1, 0.15) is 17.0 Å². The topological polar surface area (TPSA) is 116 Å². The Kier molecular flexibility index (Phi) is 4.68. The van der Waals surface area contributed by atoms with Crippen LogP contribution in [-0.2, 0) is 11.2 Å². The number of rotatable bonds is 5. The van der Waals surface area contributed by atoms with Gasteiger partial charge >= 0.3 is 0 Å². The molecule has 8 heteroatoms. The first-order valence-electron chi connectivity index (χ1n) is 9.76. The average molecular weight is 410 g/mol. The Morgan fingerprint density at radius 1 is 1.07 bits per heavy atom. The Bertz CT molecular complexity index is 1050. The van der Waals surface area contributed by atoms with Crippen LogP contribution >= 0.6 is 0 Å². The maximum absolute atomic E-state index is 12.1. The molecule has 158 valence electrons. The Balaban J connectivity index is 1.82. The zero-order valence-corrected chi connectivity index (χ0v) is 17.5. The van der Waals surface area contributed by atoms with Crippen molar-refractivity contribution < 1.29 is 19.8 Å². The van der Waals surface area contributed by atoms with E-state index in [2.05, 4.69) is 20.0 Å². The van der Waals surface area contributed by atoms with E-state index in [0.29, 0.717) is 29.8 Å². The molecule has 8 nitrogen and oxygen atoms in total. The minimum absolute atomic E-state index is 0.101. The van der Waals surface area contributed by atoms with E-state index in [1.165, 1.54) is 0 Å². The van der Waals surface area contributed by atoms with Crippen LogP contribution in [0.5, 0.6) is 5.75 Å². The molecule has 0 aliphatic carbocycles. The highest BCUT2D eigenvalue weighted by Crippen LogP contribution is 2.50. The molecule has 3 aromatic rings. The van der Waals surface area contributed by atoms with Gasteiger partial charge in [-0.2, -0.15) is 4.98 Å². The molecule has 1 fully saturated rings. The van der Waals surface area contributed by atoms with E-state index >= 15 is 0 Å². The second-order valence-electron chi connectivity index (χ2n) is 8.93. The van der Waals surface area contributed by atoms with Crippen molar-refractivity contribution in [2.24, 2.45) is 5.41 Å². The maximum atomic E-state index is 12.1. The van der Waals surface area contributed by atoms with Crippen LogP contribution in [0.1, 0.15) is 37.8 Å².